The van der Waals surface area contributed by atoms with Gasteiger partial charge in [-0.15, -0.1) is 0 Å². The van der Waals surface area contributed by atoms with E-state index >= 15 is 0 Å². The highest BCUT2D eigenvalue weighted by Crippen LogP contribution is 2.19. The SMILES string of the molecule is CC.CC(C)NC1(C)CCN(C)C1.[HH]. The summed E-state index contributed by atoms with van der Waals surface area (Å²) in [6.45, 7) is 13.2. The van der Waals surface area contributed by atoms with Crippen LogP contribution < -0.4 is 5.32 Å². The molecule has 2 nitrogen and oxygen atoms in total. The summed E-state index contributed by atoms with van der Waals surface area (Å²) < 4.78 is 0. The maximum absolute atomic E-state index is 3.61. The molecule has 1 unspecified atom stereocenters. The Morgan fingerprint density at radius 1 is 1.38 bits per heavy atom. The zero-order chi connectivity index (χ0) is 10.5. The first-order chi connectivity index (χ1) is 6.02. The lowest BCUT2D eigenvalue weighted by molar-refractivity contribution is 0.313. The van der Waals surface area contributed by atoms with Crippen LogP contribution in [0.3, 0.4) is 0 Å². The molecule has 1 saturated heterocycles. The molecule has 13 heavy (non-hydrogen) atoms. The van der Waals surface area contributed by atoms with E-state index in [9.17, 15) is 0 Å². The molecule has 1 fully saturated rings. The smallest absolute Gasteiger partial charge is 0.0294 e. The minimum absolute atomic E-state index is 0. The van der Waals surface area contributed by atoms with E-state index < -0.39 is 0 Å². The molecule has 0 aromatic carbocycles. The van der Waals surface area contributed by atoms with Crippen LogP contribution in [0.1, 0.15) is 42.5 Å². The minimum atomic E-state index is 0. The van der Waals surface area contributed by atoms with Gasteiger partial charge in [0.1, 0.15) is 0 Å². The Kier molecular flexibility index (Phi) is 5.57. The van der Waals surface area contributed by atoms with Crippen molar-refractivity contribution in [3.63, 3.8) is 0 Å². The number of likely N-dealkylation sites (N-methyl/N-ethyl adjacent to an activating group) is 1. The zero-order valence-corrected chi connectivity index (χ0v) is 10.1. The lowest BCUT2D eigenvalue weighted by Gasteiger charge is -2.28. The molecule has 1 aliphatic heterocycles. The Labute approximate surface area is 85.2 Å². The van der Waals surface area contributed by atoms with E-state index in [-0.39, 0.29) is 1.43 Å². The predicted molar refractivity (Wildman–Crippen MR) is 62.3 cm³/mol. The highest BCUT2D eigenvalue weighted by atomic mass is 15.2. The second kappa shape index (κ2) is 5.61. The van der Waals surface area contributed by atoms with Crippen molar-refractivity contribution in [2.24, 2.45) is 0 Å². The summed E-state index contributed by atoms with van der Waals surface area (Å²) in [6, 6.07) is 0.603. The van der Waals surface area contributed by atoms with E-state index in [1.807, 2.05) is 13.8 Å². The van der Waals surface area contributed by atoms with Crippen molar-refractivity contribution in [2.75, 3.05) is 20.1 Å². The normalized spacial score (nSPS) is 28.8. The van der Waals surface area contributed by atoms with Crippen LogP contribution in [0.25, 0.3) is 0 Å². The minimum Gasteiger partial charge on any atom is -0.308 e. The number of hydrogen-bond acceptors (Lipinski definition) is 2. The summed E-state index contributed by atoms with van der Waals surface area (Å²) in [7, 11) is 2.19. The Balaban J connectivity index is 0. The summed E-state index contributed by atoms with van der Waals surface area (Å²) >= 11 is 0. The van der Waals surface area contributed by atoms with Crippen LogP contribution in [-0.4, -0.2) is 36.6 Å². The third kappa shape index (κ3) is 4.63. The quantitative estimate of drug-likeness (QED) is 0.715. The molecule has 1 atom stereocenters. The number of rotatable bonds is 2. The standard InChI is InChI=1S/C9H20N2.C2H6.H2/c1-8(2)10-9(3)5-6-11(4)7-9;1-2;/h8,10H,5-7H2,1-4H3;1-2H3;1H. The van der Waals surface area contributed by atoms with Crippen LogP contribution in [0.15, 0.2) is 0 Å². The van der Waals surface area contributed by atoms with Crippen molar-refractivity contribution < 1.29 is 1.43 Å². The molecule has 1 N–H and O–H groups in total. The van der Waals surface area contributed by atoms with E-state index in [2.05, 4.69) is 38.0 Å². The van der Waals surface area contributed by atoms with Crippen LogP contribution in [-0.2, 0) is 0 Å². The number of nitrogens with zero attached hydrogens (tertiary/aromatic N) is 1. The Morgan fingerprint density at radius 2 is 1.92 bits per heavy atom. The molecule has 0 radical (unpaired) electrons. The van der Waals surface area contributed by atoms with Crippen molar-refractivity contribution >= 4 is 0 Å². The fraction of sp³-hybridized carbons (Fsp3) is 1.00. The van der Waals surface area contributed by atoms with Gasteiger partial charge in [-0.2, -0.15) is 0 Å². The number of likely N-dealkylation sites (tertiary alicyclic amines) is 1. The first-order valence-electron chi connectivity index (χ1n) is 5.48. The maximum Gasteiger partial charge on any atom is 0.0294 e. The topological polar surface area (TPSA) is 15.3 Å². The van der Waals surface area contributed by atoms with Gasteiger partial charge in [0.25, 0.3) is 0 Å². The molecular weight excluding hydrogens is 160 g/mol. The molecule has 1 aliphatic rings. The molecule has 0 aromatic rings. The highest BCUT2D eigenvalue weighted by molar-refractivity contribution is 4.93. The Morgan fingerprint density at radius 3 is 2.23 bits per heavy atom. The van der Waals surface area contributed by atoms with Gasteiger partial charge in [0.05, 0.1) is 0 Å². The lowest BCUT2D eigenvalue weighted by Crippen LogP contribution is -2.47. The molecule has 0 aromatic heterocycles. The largest absolute Gasteiger partial charge is 0.308 e. The average Bonchev–Trinajstić information content (AvgIpc) is 2.33. The van der Waals surface area contributed by atoms with Gasteiger partial charge < -0.3 is 10.2 Å². The molecule has 82 valence electrons. The van der Waals surface area contributed by atoms with Gasteiger partial charge in [-0.25, -0.2) is 0 Å². The number of nitrogens with one attached hydrogen (secondary N) is 1. The molecule has 0 spiro atoms. The van der Waals surface area contributed by atoms with E-state index in [0.717, 1.165) is 0 Å². The van der Waals surface area contributed by atoms with Crippen LogP contribution in [0.4, 0.5) is 0 Å². The molecule has 0 aliphatic carbocycles. The van der Waals surface area contributed by atoms with Crippen molar-refractivity contribution in [2.45, 2.75) is 52.6 Å². The van der Waals surface area contributed by atoms with Gasteiger partial charge in [0, 0.05) is 19.6 Å². The second-order valence-electron chi connectivity index (χ2n) is 4.35. The van der Waals surface area contributed by atoms with E-state index in [0.29, 0.717) is 11.6 Å². The van der Waals surface area contributed by atoms with Crippen molar-refractivity contribution in [3.05, 3.63) is 0 Å². The summed E-state index contributed by atoms with van der Waals surface area (Å²) in [6.07, 6.45) is 1.28. The van der Waals surface area contributed by atoms with Crippen molar-refractivity contribution in [1.29, 1.82) is 0 Å². The predicted octanol–water partition coefficient (Wildman–Crippen LogP) is 2.35. The van der Waals surface area contributed by atoms with Crippen molar-refractivity contribution in [3.8, 4) is 0 Å². The summed E-state index contributed by atoms with van der Waals surface area (Å²) in [4.78, 5) is 2.38. The summed E-state index contributed by atoms with van der Waals surface area (Å²) in [5.41, 5.74) is 0.364. The first-order valence-corrected chi connectivity index (χ1v) is 5.48. The van der Waals surface area contributed by atoms with Crippen LogP contribution in [0, 0.1) is 0 Å². The monoisotopic (exact) mass is 188 g/mol. The second-order valence-corrected chi connectivity index (χ2v) is 4.35. The Hall–Kier alpha value is -0.0800. The van der Waals surface area contributed by atoms with Crippen LogP contribution in [0.5, 0.6) is 0 Å². The fourth-order valence-electron chi connectivity index (χ4n) is 2.01. The lowest BCUT2D eigenvalue weighted by atomic mass is 10.0. The van der Waals surface area contributed by atoms with E-state index in [4.69, 9.17) is 0 Å². The van der Waals surface area contributed by atoms with Crippen LogP contribution >= 0.6 is 0 Å². The molecule has 0 bridgehead atoms. The fourth-order valence-corrected chi connectivity index (χ4v) is 2.01. The van der Waals surface area contributed by atoms with Gasteiger partial charge in [0.2, 0.25) is 0 Å². The van der Waals surface area contributed by atoms with Gasteiger partial charge >= 0.3 is 0 Å². The van der Waals surface area contributed by atoms with Gasteiger partial charge in [0.15, 0.2) is 0 Å². The van der Waals surface area contributed by atoms with Gasteiger partial charge in [-0.05, 0) is 26.9 Å². The van der Waals surface area contributed by atoms with Crippen molar-refractivity contribution in [1.82, 2.24) is 10.2 Å². The highest BCUT2D eigenvalue weighted by Gasteiger charge is 2.31. The van der Waals surface area contributed by atoms with E-state index in [1.54, 1.807) is 0 Å². The van der Waals surface area contributed by atoms with Gasteiger partial charge in [-0.3, -0.25) is 0 Å². The zero-order valence-electron chi connectivity index (χ0n) is 10.1. The number of hydrogen-bond donors (Lipinski definition) is 1. The Bertz CT molecular complexity index is 139. The van der Waals surface area contributed by atoms with E-state index in [1.165, 1.54) is 19.5 Å². The molecule has 2 heteroatoms. The third-order valence-electron chi connectivity index (χ3n) is 2.30. The summed E-state index contributed by atoms with van der Waals surface area (Å²) in [5, 5.41) is 3.61. The average molecular weight is 188 g/mol. The first kappa shape index (κ1) is 12.9. The summed E-state index contributed by atoms with van der Waals surface area (Å²) in [5.74, 6) is 0. The molecule has 0 saturated carbocycles. The molecule has 0 amide bonds. The van der Waals surface area contributed by atoms with Crippen LogP contribution in [0.2, 0.25) is 0 Å². The molecular formula is C11H28N2. The molecule has 1 heterocycles. The van der Waals surface area contributed by atoms with Gasteiger partial charge in [-0.1, -0.05) is 27.7 Å². The third-order valence-corrected chi connectivity index (χ3v) is 2.30. The maximum atomic E-state index is 3.61. The molecule has 1 rings (SSSR count).